The Kier molecular flexibility index (Phi) is 6.61. The van der Waals surface area contributed by atoms with E-state index in [-0.39, 0.29) is 17.9 Å². The quantitative estimate of drug-likeness (QED) is 0.746. The molecule has 1 atom stereocenters. The Labute approximate surface area is 154 Å². The summed E-state index contributed by atoms with van der Waals surface area (Å²) < 4.78 is 16.0. The highest BCUT2D eigenvalue weighted by Gasteiger charge is 2.32. The van der Waals surface area contributed by atoms with Crippen LogP contribution in [0.5, 0.6) is 0 Å². The third-order valence-electron chi connectivity index (χ3n) is 5.25. The lowest BCUT2D eigenvalue weighted by atomic mass is 9.94. The first-order chi connectivity index (χ1) is 12.6. The summed E-state index contributed by atoms with van der Waals surface area (Å²) in [5, 5.41) is 3.87. The van der Waals surface area contributed by atoms with Gasteiger partial charge in [-0.05, 0) is 39.8 Å². The molecule has 146 valence electrons. The molecule has 26 heavy (non-hydrogen) atoms. The largest absolute Gasteiger partial charge is 0.377 e. The third-order valence-corrected chi connectivity index (χ3v) is 5.25. The van der Waals surface area contributed by atoms with Crippen molar-refractivity contribution in [2.45, 2.75) is 51.9 Å². The van der Waals surface area contributed by atoms with Crippen molar-refractivity contribution in [2.24, 2.45) is 5.92 Å². The standard InChI is InChI=1S/C18H30N4O4/c1-13(2)21-6-4-14(5-7-21)18(23)22-8-9-25-15(11-22)10-17-19-16(12-24-3)20-26-17/h13-15H,4-12H2,1-3H3/t15-/m0/s1. The molecule has 8 heteroatoms. The van der Waals surface area contributed by atoms with E-state index in [0.717, 1.165) is 25.9 Å². The lowest BCUT2D eigenvalue weighted by molar-refractivity contribution is -0.144. The molecule has 0 unspecified atom stereocenters. The average molecular weight is 366 g/mol. The minimum atomic E-state index is -0.0979. The van der Waals surface area contributed by atoms with Gasteiger partial charge in [0.1, 0.15) is 6.61 Å². The molecule has 1 aromatic rings. The summed E-state index contributed by atoms with van der Waals surface area (Å²) in [7, 11) is 1.59. The lowest BCUT2D eigenvalue weighted by Crippen LogP contribution is -2.50. The van der Waals surface area contributed by atoms with Crippen LogP contribution in [0.25, 0.3) is 0 Å². The van der Waals surface area contributed by atoms with E-state index in [9.17, 15) is 4.79 Å². The Balaban J connectivity index is 1.50. The summed E-state index contributed by atoms with van der Waals surface area (Å²) in [4.78, 5) is 21.6. The molecule has 0 saturated carbocycles. The second-order valence-corrected chi connectivity index (χ2v) is 7.42. The summed E-state index contributed by atoms with van der Waals surface area (Å²) >= 11 is 0. The smallest absolute Gasteiger partial charge is 0.229 e. The van der Waals surface area contributed by atoms with Crippen molar-refractivity contribution in [3.05, 3.63) is 11.7 Å². The van der Waals surface area contributed by atoms with Crippen molar-refractivity contribution < 1.29 is 18.8 Å². The van der Waals surface area contributed by atoms with Gasteiger partial charge in [-0.2, -0.15) is 4.98 Å². The number of carbonyl (C=O) groups excluding carboxylic acids is 1. The van der Waals surface area contributed by atoms with E-state index in [1.807, 2.05) is 4.90 Å². The Bertz CT molecular complexity index is 584. The van der Waals surface area contributed by atoms with Gasteiger partial charge < -0.3 is 23.8 Å². The number of nitrogens with zero attached hydrogens (tertiary/aromatic N) is 4. The molecule has 0 spiro atoms. The van der Waals surface area contributed by atoms with Crippen LogP contribution in [0, 0.1) is 5.92 Å². The Hall–Kier alpha value is -1.51. The van der Waals surface area contributed by atoms with Gasteiger partial charge in [0.2, 0.25) is 11.8 Å². The second kappa shape index (κ2) is 8.92. The second-order valence-electron chi connectivity index (χ2n) is 7.42. The van der Waals surface area contributed by atoms with Crippen molar-refractivity contribution in [3.8, 4) is 0 Å². The van der Waals surface area contributed by atoms with Gasteiger partial charge in [-0.15, -0.1) is 0 Å². The molecule has 2 saturated heterocycles. The van der Waals surface area contributed by atoms with E-state index in [0.29, 0.717) is 50.5 Å². The molecule has 0 aliphatic carbocycles. The van der Waals surface area contributed by atoms with Crippen molar-refractivity contribution in [1.82, 2.24) is 19.9 Å². The molecule has 3 rings (SSSR count). The Morgan fingerprint density at radius 3 is 2.77 bits per heavy atom. The SMILES string of the molecule is COCc1noc(C[C@H]2CN(C(=O)C3CCN(C(C)C)CC3)CCO2)n1. The summed E-state index contributed by atoms with van der Waals surface area (Å²) in [5.74, 6) is 1.47. The molecular weight excluding hydrogens is 336 g/mol. The molecular formula is C18H30N4O4. The number of aromatic nitrogens is 2. The predicted octanol–water partition coefficient (Wildman–Crippen LogP) is 1.11. The summed E-state index contributed by atoms with van der Waals surface area (Å²) in [6, 6.07) is 0.552. The molecule has 2 fully saturated rings. The fourth-order valence-corrected chi connectivity index (χ4v) is 3.72. The number of hydrogen-bond acceptors (Lipinski definition) is 7. The van der Waals surface area contributed by atoms with Gasteiger partial charge in [0.15, 0.2) is 5.82 Å². The molecule has 2 aliphatic heterocycles. The van der Waals surface area contributed by atoms with E-state index in [1.165, 1.54) is 0 Å². The van der Waals surface area contributed by atoms with Crippen LogP contribution in [0.2, 0.25) is 0 Å². The molecule has 1 amide bonds. The highest BCUT2D eigenvalue weighted by atomic mass is 16.5. The molecule has 1 aromatic heterocycles. The number of rotatable bonds is 6. The molecule has 0 radical (unpaired) electrons. The Morgan fingerprint density at radius 1 is 1.31 bits per heavy atom. The molecule has 0 N–H and O–H groups in total. The van der Waals surface area contributed by atoms with Gasteiger partial charge >= 0.3 is 0 Å². The average Bonchev–Trinajstić information content (AvgIpc) is 3.08. The van der Waals surface area contributed by atoms with Crippen LogP contribution in [0.15, 0.2) is 4.52 Å². The van der Waals surface area contributed by atoms with Gasteiger partial charge in [-0.1, -0.05) is 5.16 Å². The van der Waals surface area contributed by atoms with Crippen LogP contribution in [0.3, 0.4) is 0 Å². The minimum absolute atomic E-state index is 0.0979. The molecule has 0 aromatic carbocycles. The minimum Gasteiger partial charge on any atom is -0.377 e. The number of carbonyl (C=O) groups is 1. The number of hydrogen-bond donors (Lipinski definition) is 0. The van der Waals surface area contributed by atoms with Crippen molar-refractivity contribution in [2.75, 3.05) is 39.9 Å². The summed E-state index contributed by atoms with van der Waals surface area (Å²) in [5.41, 5.74) is 0. The van der Waals surface area contributed by atoms with E-state index in [4.69, 9.17) is 14.0 Å². The summed E-state index contributed by atoms with van der Waals surface area (Å²) in [6.07, 6.45) is 2.32. The van der Waals surface area contributed by atoms with Crippen LogP contribution in [-0.2, 0) is 27.3 Å². The van der Waals surface area contributed by atoms with E-state index in [2.05, 4.69) is 28.9 Å². The molecule has 2 aliphatic rings. The number of piperidine rings is 1. The maximum absolute atomic E-state index is 12.9. The van der Waals surface area contributed by atoms with Crippen molar-refractivity contribution in [1.29, 1.82) is 0 Å². The number of amides is 1. The zero-order valence-electron chi connectivity index (χ0n) is 16.0. The van der Waals surface area contributed by atoms with Crippen molar-refractivity contribution >= 4 is 5.91 Å². The number of methoxy groups -OCH3 is 1. The van der Waals surface area contributed by atoms with Crippen LogP contribution < -0.4 is 0 Å². The first-order valence-electron chi connectivity index (χ1n) is 9.51. The van der Waals surface area contributed by atoms with Gasteiger partial charge in [-0.3, -0.25) is 4.79 Å². The first-order valence-corrected chi connectivity index (χ1v) is 9.51. The van der Waals surface area contributed by atoms with E-state index in [1.54, 1.807) is 7.11 Å². The molecule has 8 nitrogen and oxygen atoms in total. The van der Waals surface area contributed by atoms with Gasteiger partial charge in [0, 0.05) is 32.2 Å². The number of ether oxygens (including phenoxy) is 2. The van der Waals surface area contributed by atoms with Crippen LogP contribution in [0.4, 0.5) is 0 Å². The molecule has 3 heterocycles. The maximum atomic E-state index is 12.9. The summed E-state index contributed by atoms with van der Waals surface area (Å²) in [6.45, 7) is 8.57. The van der Waals surface area contributed by atoms with E-state index < -0.39 is 0 Å². The fraction of sp³-hybridized carbons (Fsp3) is 0.833. The Morgan fingerprint density at radius 2 is 2.08 bits per heavy atom. The topological polar surface area (TPSA) is 80.9 Å². The lowest BCUT2D eigenvalue weighted by Gasteiger charge is -2.38. The normalized spacial score (nSPS) is 22.9. The van der Waals surface area contributed by atoms with Gasteiger partial charge in [-0.25, -0.2) is 0 Å². The maximum Gasteiger partial charge on any atom is 0.229 e. The third kappa shape index (κ3) is 4.81. The van der Waals surface area contributed by atoms with Crippen molar-refractivity contribution in [3.63, 3.8) is 0 Å². The van der Waals surface area contributed by atoms with Crippen LogP contribution in [-0.4, -0.2) is 77.9 Å². The monoisotopic (exact) mass is 366 g/mol. The van der Waals surface area contributed by atoms with Gasteiger partial charge in [0.25, 0.3) is 0 Å². The number of likely N-dealkylation sites (tertiary alicyclic amines) is 1. The van der Waals surface area contributed by atoms with Crippen LogP contribution in [0.1, 0.15) is 38.4 Å². The highest BCUT2D eigenvalue weighted by molar-refractivity contribution is 5.79. The van der Waals surface area contributed by atoms with Crippen LogP contribution >= 0.6 is 0 Å². The van der Waals surface area contributed by atoms with E-state index >= 15 is 0 Å². The predicted molar refractivity (Wildman–Crippen MR) is 94.5 cm³/mol. The number of morpholine rings is 1. The zero-order valence-corrected chi connectivity index (χ0v) is 16.0. The van der Waals surface area contributed by atoms with Gasteiger partial charge in [0.05, 0.1) is 19.1 Å². The zero-order chi connectivity index (χ0) is 18.5. The highest BCUT2D eigenvalue weighted by Crippen LogP contribution is 2.22. The molecule has 0 bridgehead atoms. The first kappa shape index (κ1) is 19.3. The fourth-order valence-electron chi connectivity index (χ4n) is 3.72.